The summed E-state index contributed by atoms with van der Waals surface area (Å²) in [5.74, 6) is 0.706. The molecule has 0 spiro atoms. The molecular formula is C35H40ClFN6O2. The molecule has 1 N–H and O–H groups in total. The number of aromatic nitrogens is 2. The number of piperazine rings is 1. The summed E-state index contributed by atoms with van der Waals surface area (Å²) in [6.45, 7) is 13.7. The Bertz CT molecular complexity index is 1680. The zero-order chi connectivity index (χ0) is 32.4. The molecule has 5 rings (SSSR count). The fourth-order valence-corrected chi connectivity index (χ4v) is 6.02. The molecule has 0 bridgehead atoms. The molecule has 2 atom stereocenters. The van der Waals surface area contributed by atoms with Crippen LogP contribution in [0.25, 0.3) is 0 Å². The highest BCUT2D eigenvalue weighted by Gasteiger charge is 2.28. The standard InChI is InChI=1S/C35H40ClFN6O2/c1-21-14-23(3)33(24(4)15-21)45-35(44)43(20-27-16-28(36)9-8-22(27)2)32-12-13-38-34(40-32)39-29-10-11-31(30(37)17-29)42-18-25(5)41(7)26(6)19-42/h8-17,25-26H,18-20H2,1-7H3,(H,38,39,40)/t25-,26+. The number of rotatable bonds is 7. The number of likely N-dealkylation sites (N-methyl/N-ethyl adjacent to an activating group) is 1. The zero-order valence-electron chi connectivity index (χ0n) is 26.9. The minimum atomic E-state index is -0.597. The summed E-state index contributed by atoms with van der Waals surface area (Å²) in [6.07, 6.45) is 0.954. The van der Waals surface area contributed by atoms with E-state index in [1.807, 2.05) is 64.1 Å². The Hall–Kier alpha value is -4.21. The van der Waals surface area contributed by atoms with E-state index in [0.29, 0.717) is 40.0 Å². The van der Waals surface area contributed by atoms with Crippen molar-refractivity contribution in [3.05, 3.63) is 99.5 Å². The minimum Gasteiger partial charge on any atom is -0.409 e. The number of carbonyl (C=O) groups excluding carboxylic acids is 1. The van der Waals surface area contributed by atoms with Crippen LogP contribution in [0.2, 0.25) is 5.02 Å². The van der Waals surface area contributed by atoms with Crippen LogP contribution in [0.1, 0.15) is 41.7 Å². The van der Waals surface area contributed by atoms with Crippen molar-refractivity contribution in [2.45, 2.75) is 60.2 Å². The molecule has 236 valence electrons. The third-order valence-electron chi connectivity index (χ3n) is 8.48. The summed E-state index contributed by atoms with van der Waals surface area (Å²) >= 11 is 6.32. The highest BCUT2D eigenvalue weighted by Crippen LogP contribution is 2.30. The molecule has 1 aliphatic heterocycles. The van der Waals surface area contributed by atoms with Gasteiger partial charge in [-0.1, -0.05) is 35.4 Å². The normalized spacial score (nSPS) is 16.9. The van der Waals surface area contributed by atoms with Crippen molar-refractivity contribution in [1.82, 2.24) is 14.9 Å². The number of aryl methyl sites for hydroxylation is 4. The Morgan fingerprint density at radius 3 is 2.36 bits per heavy atom. The van der Waals surface area contributed by atoms with Crippen molar-refractivity contribution < 1.29 is 13.9 Å². The molecule has 0 saturated carbocycles. The summed E-state index contributed by atoms with van der Waals surface area (Å²) in [7, 11) is 2.10. The molecule has 0 radical (unpaired) electrons. The van der Waals surface area contributed by atoms with Crippen LogP contribution in [0, 0.1) is 33.5 Å². The lowest BCUT2D eigenvalue weighted by molar-refractivity contribution is 0.169. The van der Waals surface area contributed by atoms with Gasteiger partial charge >= 0.3 is 6.09 Å². The van der Waals surface area contributed by atoms with E-state index < -0.39 is 6.09 Å². The molecule has 1 aliphatic rings. The summed E-state index contributed by atoms with van der Waals surface area (Å²) < 4.78 is 21.4. The Labute approximate surface area is 269 Å². The molecular weight excluding hydrogens is 591 g/mol. The number of carbonyl (C=O) groups is 1. The highest BCUT2D eigenvalue weighted by molar-refractivity contribution is 6.30. The second kappa shape index (κ2) is 13.4. The number of ether oxygens (including phenoxy) is 1. The van der Waals surface area contributed by atoms with E-state index in [4.69, 9.17) is 16.3 Å². The number of anilines is 4. The topological polar surface area (TPSA) is 73.8 Å². The summed E-state index contributed by atoms with van der Waals surface area (Å²) in [5.41, 5.74) is 5.66. The highest BCUT2D eigenvalue weighted by atomic mass is 35.5. The number of benzene rings is 3. The van der Waals surface area contributed by atoms with Crippen LogP contribution >= 0.6 is 11.6 Å². The van der Waals surface area contributed by atoms with Crippen LogP contribution in [0.3, 0.4) is 0 Å². The van der Waals surface area contributed by atoms with Crippen LogP contribution in [0.15, 0.2) is 60.8 Å². The van der Waals surface area contributed by atoms with Gasteiger partial charge in [-0.3, -0.25) is 9.80 Å². The first-order chi connectivity index (χ1) is 21.4. The van der Waals surface area contributed by atoms with Gasteiger partial charge in [-0.25, -0.2) is 14.2 Å². The maximum absolute atomic E-state index is 15.4. The van der Waals surface area contributed by atoms with Gasteiger partial charge in [-0.05, 0) is 107 Å². The van der Waals surface area contributed by atoms with Crippen molar-refractivity contribution >= 4 is 40.8 Å². The lowest BCUT2D eigenvalue weighted by atomic mass is 10.1. The first-order valence-electron chi connectivity index (χ1n) is 15.1. The van der Waals surface area contributed by atoms with Crippen molar-refractivity contribution in [3.8, 4) is 5.75 Å². The number of nitrogens with one attached hydrogen (secondary N) is 1. The van der Waals surface area contributed by atoms with Crippen molar-refractivity contribution in [3.63, 3.8) is 0 Å². The molecule has 4 aromatic rings. The smallest absolute Gasteiger partial charge is 0.409 e. The minimum absolute atomic E-state index is 0.164. The molecule has 1 aromatic heterocycles. The fourth-order valence-electron chi connectivity index (χ4n) is 5.82. The van der Waals surface area contributed by atoms with Gasteiger partial charge in [0, 0.05) is 42.1 Å². The SMILES string of the molecule is Cc1cc(C)c(OC(=O)N(Cc2cc(Cl)ccc2C)c2ccnc(Nc3ccc(N4C[C@@H](C)N(C)[C@@H](C)C4)c(F)c3)n2)c(C)c1. The average Bonchev–Trinajstić information content (AvgIpc) is 2.98. The first-order valence-corrected chi connectivity index (χ1v) is 15.5. The molecule has 1 amide bonds. The Kier molecular flexibility index (Phi) is 9.60. The van der Waals surface area contributed by atoms with E-state index in [0.717, 1.165) is 40.9 Å². The monoisotopic (exact) mass is 630 g/mol. The number of nitrogens with zero attached hydrogens (tertiary/aromatic N) is 5. The molecule has 45 heavy (non-hydrogen) atoms. The maximum atomic E-state index is 15.4. The van der Waals surface area contributed by atoms with Gasteiger partial charge in [0.2, 0.25) is 5.95 Å². The third-order valence-corrected chi connectivity index (χ3v) is 8.71. The van der Waals surface area contributed by atoms with Crippen LogP contribution < -0.4 is 19.9 Å². The number of halogens is 2. The molecule has 0 aliphatic carbocycles. The molecule has 1 saturated heterocycles. The van der Waals surface area contributed by atoms with E-state index in [-0.39, 0.29) is 18.3 Å². The average molecular weight is 631 g/mol. The largest absolute Gasteiger partial charge is 0.421 e. The van der Waals surface area contributed by atoms with E-state index in [1.165, 1.54) is 11.0 Å². The van der Waals surface area contributed by atoms with Crippen LogP contribution in [0.5, 0.6) is 5.75 Å². The Morgan fingerprint density at radius 2 is 1.69 bits per heavy atom. The molecule has 10 heteroatoms. The maximum Gasteiger partial charge on any atom is 0.421 e. The van der Waals surface area contributed by atoms with Gasteiger partial charge in [-0.2, -0.15) is 4.98 Å². The number of hydrogen-bond donors (Lipinski definition) is 1. The molecule has 3 aromatic carbocycles. The van der Waals surface area contributed by atoms with Crippen LogP contribution in [-0.4, -0.2) is 53.2 Å². The van der Waals surface area contributed by atoms with Gasteiger partial charge in [0.25, 0.3) is 0 Å². The summed E-state index contributed by atoms with van der Waals surface area (Å²) in [4.78, 5) is 28.6. The van der Waals surface area contributed by atoms with E-state index in [1.54, 1.807) is 18.3 Å². The lowest BCUT2D eigenvalue weighted by Crippen LogP contribution is -2.55. The van der Waals surface area contributed by atoms with Crippen molar-refractivity contribution in [2.24, 2.45) is 0 Å². The van der Waals surface area contributed by atoms with Gasteiger partial charge in [0.15, 0.2) is 0 Å². The Morgan fingerprint density at radius 1 is 1.00 bits per heavy atom. The Balaban J connectivity index is 1.42. The fraction of sp³-hybridized carbons (Fsp3) is 0.343. The van der Waals surface area contributed by atoms with Crippen LogP contribution in [0.4, 0.5) is 32.3 Å². The molecule has 2 heterocycles. The molecule has 1 fully saturated rings. The van der Waals surface area contributed by atoms with Gasteiger partial charge in [0.1, 0.15) is 17.4 Å². The number of amides is 1. The van der Waals surface area contributed by atoms with Gasteiger partial charge in [0.05, 0.1) is 12.2 Å². The second-order valence-corrected chi connectivity index (χ2v) is 12.5. The second-order valence-electron chi connectivity index (χ2n) is 12.1. The third kappa shape index (κ3) is 7.37. The van der Waals surface area contributed by atoms with E-state index >= 15 is 4.39 Å². The predicted octanol–water partition coefficient (Wildman–Crippen LogP) is 7.98. The van der Waals surface area contributed by atoms with Crippen molar-refractivity contribution in [1.29, 1.82) is 0 Å². The lowest BCUT2D eigenvalue weighted by Gasteiger charge is -2.43. The van der Waals surface area contributed by atoms with E-state index in [2.05, 4.69) is 46.0 Å². The van der Waals surface area contributed by atoms with Gasteiger partial charge in [-0.15, -0.1) is 0 Å². The van der Waals surface area contributed by atoms with Crippen LogP contribution in [-0.2, 0) is 6.54 Å². The molecule has 8 nitrogen and oxygen atoms in total. The summed E-state index contributed by atoms with van der Waals surface area (Å²) in [6, 6.07) is 16.8. The van der Waals surface area contributed by atoms with Crippen molar-refractivity contribution in [2.75, 3.05) is 35.3 Å². The quantitative estimate of drug-likeness (QED) is 0.222. The zero-order valence-corrected chi connectivity index (χ0v) is 27.6. The summed E-state index contributed by atoms with van der Waals surface area (Å²) in [5, 5.41) is 3.66. The predicted molar refractivity (Wildman–Crippen MR) is 180 cm³/mol. The number of hydrogen-bond acceptors (Lipinski definition) is 7. The molecule has 0 unspecified atom stereocenters. The van der Waals surface area contributed by atoms with Gasteiger partial charge < -0.3 is 15.0 Å². The first kappa shape index (κ1) is 32.2. The van der Waals surface area contributed by atoms with E-state index in [9.17, 15) is 4.79 Å².